The largest absolute Gasteiger partial charge is 0.611 e. The molecule has 2 aromatic carbocycles. The summed E-state index contributed by atoms with van der Waals surface area (Å²) in [7, 11) is 0. The quantitative estimate of drug-likeness (QED) is 0.601. The van der Waals surface area contributed by atoms with E-state index in [1.165, 1.54) is 18.3 Å². The van der Waals surface area contributed by atoms with Gasteiger partial charge in [-0.1, -0.05) is 24.3 Å². The predicted molar refractivity (Wildman–Crippen MR) is 98.4 cm³/mol. The van der Waals surface area contributed by atoms with E-state index in [0.29, 0.717) is 10.5 Å². The first-order valence-electron chi connectivity index (χ1n) is 8.29. The highest BCUT2D eigenvalue weighted by Gasteiger charge is 2.47. The summed E-state index contributed by atoms with van der Waals surface area (Å²) in [6.45, 7) is 0. The maximum Gasteiger partial charge on any atom is 0.416 e. The number of pyridine rings is 1. The summed E-state index contributed by atoms with van der Waals surface area (Å²) in [4.78, 5) is 18.9. The van der Waals surface area contributed by atoms with Crippen molar-refractivity contribution in [1.29, 1.82) is 0 Å². The molecule has 2 atom stereocenters. The zero-order valence-electron chi connectivity index (χ0n) is 14.3. The highest BCUT2D eigenvalue weighted by atomic mass is 32.2. The molecule has 2 unspecified atom stereocenters. The van der Waals surface area contributed by atoms with Crippen molar-refractivity contribution in [3.05, 3.63) is 84.1 Å². The van der Waals surface area contributed by atoms with Gasteiger partial charge >= 0.3 is 6.18 Å². The van der Waals surface area contributed by atoms with Crippen LogP contribution in [0.25, 0.3) is 0 Å². The number of amides is 1. The van der Waals surface area contributed by atoms with Crippen LogP contribution in [-0.2, 0) is 22.1 Å². The minimum Gasteiger partial charge on any atom is -0.611 e. The Kier molecular flexibility index (Phi) is 4.60. The zero-order valence-corrected chi connectivity index (χ0v) is 15.1. The first-order valence-corrected chi connectivity index (χ1v) is 9.51. The molecular weight excluding hydrogens is 389 g/mol. The van der Waals surface area contributed by atoms with E-state index in [-0.39, 0.29) is 11.5 Å². The van der Waals surface area contributed by atoms with Gasteiger partial charge in [0.25, 0.3) is 5.91 Å². The van der Waals surface area contributed by atoms with Crippen LogP contribution in [0.2, 0.25) is 0 Å². The number of fused-ring (bicyclic) bond motifs is 1. The number of carbonyl (C=O) groups is 1. The van der Waals surface area contributed by atoms with Gasteiger partial charge in [-0.3, -0.25) is 9.69 Å². The molecule has 2 heterocycles. The molecule has 3 aromatic rings. The van der Waals surface area contributed by atoms with Crippen molar-refractivity contribution in [2.24, 2.45) is 0 Å². The fraction of sp³-hybridized carbons (Fsp3) is 0.100. The van der Waals surface area contributed by atoms with E-state index in [1.54, 1.807) is 42.5 Å². The van der Waals surface area contributed by atoms with E-state index in [9.17, 15) is 22.5 Å². The maximum absolute atomic E-state index is 13.2. The van der Waals surface area contributed by atoms with E-state index < -0.39 is 34.1 Å². The second-order valence-corrected chi connectivity index (χ2v) is 7.67. The Morgan fingerprint density at radius 2 is 1.75 bits per heavy atom. The lowest BCUT2D eigenvalue weighted by molar-refractivity contribution is -0.137. The molecular formula is C20H13F3N2O2S. The molecule has 0 N–H and O–H groups in total. The first kappa shape index (κ1) is 18.5. The average molecular weight is 402 g/mol. The van der Waals surface area contributed by atoms with Crippen molar-refractivity contribution in [2.45, 2.75) is 16.3 Å². The monoisotopic (exact) mass is 402 g/mol. The number of alkyl halides is 3. The smallest absolute Gasteiger partial charge is 0.416 e. The van der Waals surface area contributed by atoms with Crippen molar-refractivity contribution < 1.29 is 22.5 Å². The number of hydrogen-bond acceptors (Lipinski definition) is 3. The predicted octanol–water partition coefficient (Wildman–Crippen LogP) is 4.63. The Labute approximate surface area is 161 Å². The van der Waals surface area contributed by atoms with Crippen LogP contribution in [0.3, 0.4) is 0 Å². The van der Waals surface area contributed by atoms with Crippen LogP contribution in [0, 0.1) is 0 Å². The Morgan fingerprint density at radius 3 is 2.46 bits per heavy atom. The number of hydrogen-bond donors (Lipinski definition) is 0. The Bertz CT molecular complexity index is 1030. The van der Waals surface area contributed by atoms with Gasteiger partial charge in [0, 0.05) is 17.4 Å². The normalized spacial score (nSPS) is 17.5. The molecule has 0 bridgehead atoms. The van der Waals surface area contributed by atoms with E-state index in [0.717, 1.165) is 17.0 Å². The van der Waals surface area contributed by atoms with Crippen LogP contribution in [0.4, 0.5) is 24.7 Å². The van der Waals surface area contributed by atoms with Crippen molar-refractivity contribution in [2.75, 3.05) is 4.90 Å². The molecule has 142 valence electrons. The summed E-state index contributed by atoms with van der Waals surface area (Å²) in [5, 5.41) is -1.04. The molecule has 4 rings (SSSR count). The molecule has 0 saturated carbocycles. The van der Waals surface area contributed by atoms with Crippen molar-refractivity contribution in [3.63, 3.8) is 0 Å². The average Bonchev–Trinajstić information content (AvgIpc) is 2.99. The molecule has 8 heteroatoms. The lowest BCUT2D eigenvalue weighted by Crippen LogP contribution is -2.28. The second-order valence-electron chi connectivity index (χ2n) is 6.13. The van der Waals surface area contributed by atoms with Crippen molar-refractivity contribution >= 4 is 28.6 Å². The SMILES string of the molecule is O=C1C([S+]([O-])c2ccccc2)c2cccnc2N1c1cccc(C(F)(F)F)c1. The van der Waals surface area contributed by atoms with Gasteiger partial charge in [0.15, 0.2) is 4.90 Å². The van der Waals surface area contributed by atoms with Crippen LogP contribution in [-0.4, -0.2) is 15.4 Å². The molecule has 1 aliphatic heterocycles. The third-order valence-corrected chi connectivity index (χ3v) is 6.00. The molecule has 0 spiro atoms. The fourth-order valence-corrected chi connectivity index (χ4v) is 4.52. The van der Waals surface area contributed by atoms with Gasteiger partial charge in [0.05, 0.1) is 16.8 Å². The van der Waals surface area contributed by atoms with Gasteiger partial charge in [-0.15, -0.1) is 0 Å². The molecule has 1 aromatic heterocycles. The van der Waals surface area contributed by atoms with E-state index >= 15 is 0 Å². The molecule has 1 amide bonds. The molecule has 28 heavy (non-hydrogen) atoms. The van der Waals surface area contributed by atoms with Gasteiger partial charge in [0.1, 0.15) is 5.82 Å². The summed E-state index contributed by atoms with van der Waals surface area (Å²) in [5.74, 6) is -0.378. The lowest BCUT2D eigenvalue weighted by Gasteiger charge is -2.19. The Hall–Kier alpha value is -2.84. The van der Waals surface area contributed by atoms with Gasteiger partial charge in [0.2, 0.25) is 5.25 Å². The maximum atomic E-state index is 13.2. The van der Waals surface area contributed by atoms with Gasteiger partial charge < -0.3 is 4.55 Å². The van der Waals surface area contributed by atoms with Gasteiger partial charge in [-0.05, 0) is 42.5 Å². The topological polar surface area (TPSA) is 56.3 Å². The first-order chi connectivity index (χ1) is 13.4. The van der Waals surface area contributed by atoms with Crippen LogP contribution in [0.1, 0.15) is 16.4 Å². The zero-order chi connectivity index (χ0) is 19.9. The number of rotatable bonds is 3. The van der Waals surface area contributed by atoms with Crippen molar-refractivity contribution in [3.8, 4) is 0 Å². The summed E-state index contributed by atoms with van der Waals surface area (Å²) in [6.07, 6.45) is -3.10. The highest BCUT2D eigenvalue weighted by Crippen LogP contribution is 2.45. The summed E-state index contributed by atoms with van der Waals surface area (Å²) in [5.41, 5.74) is -0.414. The van der Waals surface area contributed by atoms with Crippen LogP contribution < -0.4 is 4.90 Å². The Balaban J connectivity index is 1.80. The molecule has 0 fully saturated rings. The Morgan fingerprint density at radius 1 is 1.00 bits per heavy atom. The van der Waals surface area contributed by atoms with Crippen LogP contribution in [0.5, 0.6) is 0 Å². The molecule has 0 saturated heterocycles. The number of benzene rings is 2. The molecule has 0 radical (unpaired) electrons. The summed E-state index contributed by atoms with van der Waals surface area (Å²) >= 11 is -1.72. The third-order valence-electron chi connectivity index (χ3n) is 4.38. The number of carbonyl (C=O) groups excluding carboxylic acids is 1. The number of anilines is 2. The second kappa shape index (κ2) is 6.96. The highest BCUT2D eigenvalue weighted by molar-refractivity contribution is 7.92. The molecule has 1 aliphatic rings. The molecule has 0 aliphatic carbocycles. The summed E-state index contributed by atoms with van der Waals surface area (Å²) < 4.78 is 52.4. The van der Waals surface area contributed by atoms with Crippen LogP contribution in [0.15, 0.2) is 77.8 Å². The minimum atomic E-state index is -4.54. The van der Waals surface area contributed by atoms with E-state index in [4.69, 9.17) is 0 Å². The van der Waals surface area contributed by atoms with Crippen LogP contribution >= 0.6 is 0 Å². The van der Waals surface area contributed by atoms with E-state index in [1.807, 2.05) is 0 Å². The lowest BCUT2D eigenvalue weighted by atomic mass is 10.2. The van der Waals surface area contributed by atoms with Gasteiger partial charge in [-0.2, -0.15) is 13.2 Å². The van der Waals surface area contributed by atoms with Gasteiger partial charge in [-0.25, -0.2) is 4.98 Å². The number of aromatic nitrogens is 1. The molecule has 4 nitrogen and oxygen atoms in total. The van der Waals surface area contributed by atoms with Crippen molar-refractivity contribution in [1.82, 2.24) is 4.98 Å². The summed E-state index contributed by atoms with van der Waals surface area (Å²) in [6, 6.07) is 16.2. The minimum absolute atomic E-state index is 0.0346. The number of nitrogens with zero attached hydrogens (tertiary/aromatic N) is 2. The van der Waals surface area contributed by atoms with E-state index in [2.05, 4.69) is 4.98 Å². The number of halogens is 3. The standard InChI is InChI=1S/C20H13F3N2O2S/c21-20(22,23)13-6-4-7-14(12-13)25-18-16(10-5-11-24-18)17(19(25)26)28(27)15-8-2-1-3-9-15/h1-12,17H. The fourth-order valence-electron chi connectivity index (χ4n) is 3.12. The third kappa shape index (κ3) is 3.14.